The lowest BCUT2D eigenvalue weighted by Gasteiger charge is -2.16. The minimum atomic E-state index is -0.132. The first-order valence-electron chi connectivity index (χ1n) is 7.87. The van der Waals surface area contributed by atoms with Gasteiger partial charge in [0.25, 0.3) is 0 Å². The third-order valence-corrected chi connectivity index (χ3v) is 4.65. The molecular formula is C19H13N3O2. The molecule has 0 N–H and O–H groups in total. The number of fused-ring (bicyclic) bond motifs is 6. The van der Waals surface area contributed by atoms with E-state index in [0.717, 1.165) is 27.3 Å². The van der Waals surface area contributed by atoms with Gasteiger partial charge >= 0.3 is 0 Å². The summed E-state index contributed by atoms with van der Waals surface area (Å²) in [6, 6.07) is 13.8. The minimum absolute atomic E-state index is 0.132. The second-order valence-electron chi connectivity index (χ2n) is 5.99. The molecule has 4 aromatic rings. The zero-order valence-corrected chi connectivity index (χ0v) is 12.8. The molecule has 1 saturated heterocycles. The van der Waals surface area contributed by atoms with Gasteiger partial charge in [0.05, 0.1) is 11.2 Å². The third kappa shape index (κ3) is 1.66. The lowest BCUT2D eigenvalue weighted by atomic mass is 10.1. The van der Waals surface area contributed by atoms with Gasteiger partial charge < -0.3 is 0 Å². The molecule has 0 saturated carbocycles. The summed E-state index contributed by atoms with van der Waals surface area (Å²) in [6.07, 6.45) is 4.29. The van der Waals surface area contributed by atoms with Crippen LogP contribution in [0.3, 0.4) is 0 Å². The molecule has 0 unspecified atom stereocenters. The number of aromatic nitrogens is 2. The first-order chi connectivity index (χ1) is 11.7. The highest BCUT2D eigenvalue weighted by molar-refractivity contribution is 6.21. The average molecular weight is 315 g/mol. The van der Waals surface area contributed by atoms with Gasteiger partial charge in [-0.2, -0.15) is 0 Å². The van der Waals surface area contributed by atoms with Crippen LogP contribution in [0.25, 0.3) is 27.3 Å². The van der Waals surface area contributed by atoms with Crippen LogP contribution in [0.4, 0.5) is 5.69 Å². The van der Waals surface area contributed by atoms with Crippen LogP contribution in [0, 0.1) is 0 Å². The molecule has 5 rings (SSSR count). The number of hydrogen-bond acceptors (Lipinski definition) is 3. The van der Waals surface area contributed by atoms with Crippen molar-refractivity contribution in [1.82, 2.24) is 9.38 Å². The number of carbonyl (C=O) groups is 2. The molecule has 2 aromatic heterocycles. The number of amides is 2. The van der Waals surface area contributed by atoms with E-state index in [1.165, 1.54) is 4.90 Å². The maximum Gasteiger partial charge on any atom is 0.234 e. The molecule has 1 aliphatic heterocycles. The Morgan fingerprint density at radius 1 is 0.875 bits per heavy atom. The van der Waals surface area contributed by atoms with E-state index in [1.807, 2.05) is 53.1 Å². The van der Waals surface area contributed by atoms with Crippen LogP contribution in [0.5, 0.6) is 0 Å². The molecule has 0 atom stereocenters. The number of pyridine rings is 1. The summed E-state index contributed by atoms with van der Waals surface area (Å²) in [7, 11) is 0. The Balaban J connectivity index is 1.89. The van der Waals surface area contributed by atoms with Gasteiger partial charge in [0.2, 0.25) is 11.8 Å². The Hall–Kier alpha value is -3.21. The summed E-state index contributed by atoms with van der Waals surface area (Å²) >= 11 is 0. The number of anilines is 1. The van der Waals surface area contributed by atoms with Crippen molar-refractivity contribution in [1.29, 1.82) is 0 Å². The van der Waals surface area contributed by atoms with Gasteiger partial charge in [0.1, 0.15) is 5.65 Å². The van der Waals surface area contributed by atoms with Crippen molar-refractivity contribution in [3.8, 4) is 0 Å². The first kappa shape index (κ1) is 13.2. The van der Waals surface area contributed by atoms with Gasteiger partial charge in [0, 0.05) is 36.0 Å². The van der Waals surface area contributed by atoms with Crippen LogP contribution in [-0.2, 0) is 9.59 Å². The summed E-state index contributed by atoms with van der Waals surface area (Å²) in [5.41, 5.74) is 2.54. The SMILES string of the molecule is O=C1CCC(=O)N1c1ccc2c(c1)c1ccccc1c1nccn21. The fourth-order valence-corrected chi connectivity index (χ4v) is 3.56. The van der Waals surface area contributed by atoms with Gasteiger partial charge in [-0.25, -0.2) is 4.98 Å². The summed E-state index contributed by atoms with van der Waals surface area (Å²) in [5, 5.41) is 3.11. The molecule has 5 nitrogen and oxygen atoms in total. The number of hydrogen-bond donors (Lipinski definition) is 0. The van der Waals surface area contributed by atoms with Crippen LogP contribution in [0.2, 0.25) is 0 Å². The Morgan fingerprint density at radius 2 is 1.62 bits per heavy atom. The van der Waals surface area contributed by atoms with Gasteiger partial charge in [0.15, 0.2) is 0 Å². The fraction of sp³-hybridized carbons (Fsp3) is 0.105. The highest BCUT2D eigenvalue weighted by atomic mass is 16.2. The van der Waals surface area contributed by atoms with E-state index in [2.05, 4.69) is 4.98 Å². The molecule has 0 aliphatic carbocycles. The normalized spacial score (nSPS) is 15.2. The Kier molecular flexibility index (Phi) is 2.56. The number of carbonyl (C=O) groups excluding carboxylic acids is 2. The summed E-state index contributed by atoms with van der Waals surface area (Å²) < 4.78 is 2.04. The molecule has 1 aliphatic rings. The van der Waals surface area contributed by atoms with Crippen LogP contribution < -0.4 is 4.90 Å². The lowest BCUT2D eigenvalue weighted by molar-refractivity contribution is -0.121. The summed E-state index contributed by atoms with van der Waals surface area (Å²) in [4.78, 5) is 29.9. The predicted molar refractivity (Wildman–Crippen MR) is 91.9 cm³/mol. The maximum atomic E-state index is 12.0. The van der Waals surface area contributed by atoms with Crippen molar-refractivity contribution in [2.75, 3.05) is 4.90 Å². The summed E-state index contributed by atoms with van der Waals surface area (Å²) in [5.74, 6) is -0.264. The molecule has 2 amide bonds. The molecule has 0 bridgehead atoms. The maximum absolute atomic E-state index is 12.0. The van der Waals surface area contributed by atoms with Crippen LogP contribution >= 0.6 is 0 Å². The van der Waals surface area contributed by atoms with Crippen LogP contribution in [0.15, 0.2) is 54.9 Å². The van der Waals surface area contributed by atoms with E-state index in [4.69, 9.17) is 0 Å². The molecule has 0 spiro atoms. The zero-order chi connectivity index (χ0) is 16.3. The van der Waals surface area contributed by atoms with Gasteiger partial charge in [-0.3, -0.25) is 18.9 Å². The fourth-order valence-electron chi connectivity index (χ4n) is 3.56. The largest absolute Gasteiger partial charge is 0.299 e. The second-order valence-corrected chi connectivity index (χ2v) is 5.99. The molecule has 1 fully saturated rings. The van der Waals surface area contributed by atoms with Crippen LogP contribution in [0.1, 0.15) is 12.8 Å². The van der Waals surface area contributed by atoms with E-state index < -0.39 is 0 Å². The molecular weight excluding hydrogens is 302 g/mol. The van der Waals surface area contributed by atoms with Gasteiger partial charge in [-0.1, -0.05) is 24.3 Å². The van der Waals surface area contributed by atoms with Crippen molar-refractivity contribution in [2.24, 2.45) is 0 Å². The van der Waals surface area contributed by atoms with Crippen molar-refractivity contribution in [2.45, 2.75) is 12.8 Å². The van der Waals surface area contributed by atoms with Crippen molar-refractivity contribution >= 4 is 44.8 Å². The predicted octanol–water partition coefficient (Wildman–Crippen LogP) is 3.29. The topological polar surface area (TPSA) is 54.7 Å². The first-order valence-corrected chi connectivity index (χ1v) is 7.87. The Bertz CT molecular complexity index is 1140. The quantitative estimate of drug-likeness (QED) is 0.400. The number of nitrogens with zero attached hydrogens (tertiary/aromatic N) is 3. The van der Waals surface area contributed by atoms with E-state index >= 15 is 0 Å². The minimum Gasteiger partial charge on any atom is -0.299 e. The number of imidazole rings is 1. The molecule has 5 heteroatoms. The van der Waals surface area contributed by atoms with Gasteiger partial charge in [-0.15, -0.1) is 0 Å². The van der Waals surface area contributed by atoms with Crippen molar-refractivity contribution < 1.29 is 9.59 Å². The van der Waals surface area contributed by atoms with Gasteiger partial charge in [-0.05, 0) is 23.6 Å². The standard InChI is InChI=1S/C19H13N3O2/c23-17-7-8-18(24)22(17)12-5-6-16-15(11-12)13-3-1-2-4-14(13)19-20-9-10-21(16)19/h1-6,9-11H,7-8H2. The molecule has 2 aromatic carbocycles. The molecule has 3 heterocycles. The molecule has 0 radical (unpaired) electrons. The Labute approximate surface area is 137 Å². The second kappa shape index (κ2) is 4.64. The number of imide groups is 1. The third-order valence-electron chi connectivity index (χ3n) is 4.65. The Morgan fingerprint density at radius 3 is 2.42 bits per heavy atom. The van der Waals surface area contributed by atoms with E-state index in [-0.39, 0.29) is 24.7 Å². The van der Waals surface area contributed by atoms with Crippen LogP contribution in [-0.4, -0.2) is 21.2 Å². The van der Waals surface area contributed by atoms with Crippen molar-refractivity contribution in [3.63, 3.8) is 0 Å². The summed E-state index contributed by atoms with van der Waals surface area (Å²) in [6.45, 7) is 0. The smallest absolute Gasteiger partial charge is 0.234 e. The zero-order valence-electron chi connectivity index (χ0n) is 12.8. The van der Waals surface area contributed by atoms with E-state index in [0.29, 0.717) is 5.69 Å². The highest BCUT2D eigenvalue weighted by Crippen LogP contribution is 2.32. The number of rotatable bonds is 1. The average Bonchev–Trinajstić information content (AvgIpc) is 3.22. The highest BCUT2D eigenvalue weighted by Gasteiger charge is 2.30. The van der Waals surface area contributed by atoms with E-state index in [1.54, 1.807) is 6.20 Å². The van der Waals surface area contributed by atoms with Crippen molar-refractivity contribution in [3.05, 3.63) is 54.9 Å². The molecule has 24 heavy (non-hydrogen) atoms. The molecule has 116 valence electrons. The monoisotopic (exact) mass is 315 g/mol. The van der Waals surface area contributed by atoms with E-state index in [9.17, 15) is 9.59 Å². The number of benzene rings is 2. The lowest BCUT2D eigenvalue weighted by Crippen LogP contribution is -2.28.